The van der Waals surface area contributed by atoms with Crippen LogP contribution in [0.15, 0.2) is 36.9 Å². The average Bonchev–Trinajstić information content (AvgIpc) is 2.65. The van der Waals surface area contributed by atoms with E-state index in [-0.39, 0.29) is 36.5 Å². The van der Waals surface area contributed by atoms with Gasteiger partial charge in [0.25, 0.3) is 5.91 Å². The molecule has 7 heteroatoms. The van der Waals surface area contributed by atoms with E-state index in [1.807, 2.05) is 32.0 Å². The zero-order valence-electron chi connectivity index (χ0n) is 16.0. The number of carbonyl (C=O) groups is 3. The lowest BCUT2D eigenvalue weighted by molar-refractivity contribution is -0.116. The Balaban J connectivity index is 1.93. The van der Waals surface area contributed by atoms with E-state index in [2.05, 4.69) is 22.5 Å². The largest absolute Gasteiger partial charge is 0.348 e. The number of nitrogens with zero attached hydrogens (tertiary/aromatic N) is 1. The van der Waals surface area contributed by atoms with Crippen molar-refractivity contribution in [2.45, 2.75) is 45.3 Å². The van der Waals surface area contributed by atoms with Gasteiger partial charge in [0.15, 0.2) is 0 Å². The zero-order valence-corrected chi connectivity index (χ0v) is 16.0. The molecule has 0 bridgehead atoms. The normalized spacial score (nSPS) is 14.6. The highest BCUT2D eigenvalue weighted by Crippen LogP contribution is 2.17. The summed E-state index contributed by atoms with van der Waals surface area (Å²) in [5.74, 6) is -0.327. The van der Waals surface area contributed by atoms with Gasteiger partial charge in [0, 0.05) is 37.3 Å². The zero-order chi connectivity index (χ0) is 19.8. The maximum Gasteiger partial charge on any atom is 0.315 e. The molecular weight excluding hydrogens is 344 g/mol. The monoisotopic (exact) mass is 372 g/mol. The standard InChI is InChI=1S/C20H28N4O3/c1-4-18(25)21-13-15-7-5-6-8-17(15)19(26)24-11-9-16(10-12-24)23-20(27)22-14(2)3/h4-8,14,16H,1,9-13H2,2-3H3,(H,21,25)(H2,22,23,27). The summed E-state index contributed by atoms with van der Waals surface area (Å²) in [4.78, 5) is 37.9. The molecule has 27 heavy (non-hydrogen) atoms. The first-order valence-corrected chi connectivity index (χ1v) is 9.25. The number of urea groups is 1. The lowest BCUT2D eigenvalue weighted by atomic mass is 10.0. The summed E-state index contributed by atoms with van der Waals surface area (Å²) in [5.41, 5.74) is 1.36. The molecular formula is C20H28N4O3. The smallest absolute Gasteiger partial charge is 0.315 e. The van der Waals surface area contributed by atoms with Crippen molar-refractivity contribution in [1.82, 2.24) is 20.9 Å². The van der Waals surface area contributed by atoms with Crippen molar-refractivity contribution >= 4 is 17.8 Å². The van der Waals surface area contributed by atoms with Crippen molar-refractivity contribution in [3.63, 3.8) is 0 Å². The molecule has 0 spiro atoms. The van der Waals surface area contributed by atoms with Gasteiger partial charge in [-0.05, 0) is 44.4 Å². The molecule has 7 nitrogen and oxygen atoms in total. The predicted octanol–water partition coefficient (Wildman–Crippen LogP) is 1.80. The van der Waals surface area contributed by atoms with Gasteiger partial charge in [-0.15, -0.1) is 0 Å². The van der Waals surface area contributed by atoms with Crippen LogP contribution in [0.1, 0.15) is 42.6 Å². The van der Waals surface area contributed by atoms with E-state index in [9.17, 15) is 14.4 Å². The van der Waals surface area contributed by atoms with Gasteiger partial charge in [0.1, 0.15) is 0 Å². The van der Waals surface area contributed by atoms with Gasteiger partial charge in [0.05, 0.1) is 0 Å². The first kappa shape index (κ1) is 20.5. The SMILES string of the molecule is C=CC(=O)NCc1ccccc1C(=O)N1CCC(NC(=O)NC(C)C)CC1. The fourth-order valence-electron chi connectivity index (χ4n) is 3.02. The van der Waals surface area contributed by atoms with Gasteiger partial charge < -0.3 is 20.9 Å². The fraction of sp³-hybridized carbons (Fsp3) is 0.450. The Kier molecular flexibility index (Phi) is 7.40. The second-order valence-electron chi connectivity index (χ2n) is 6.92. The lowest BCUT2D eigenvalue weighted by Crippen LogP contribution is -2.50. The van der Waals surface area contributed by atoms with Crippen LogP contribution in [-0.4, -0.2) is 47.9 Å². The Morgan fingerprint density at radius 3 is 2.52 bits per heavy atom. The predicted molar refractivity (Wildman–Crippen MR) is 104 cm³/mol. The van der Waals surface area contributed by atoms with Crippen molar-refractivity contribution in [1.29, 1.82) is 0 Å². The molecule has 1 heterocycles. The third kappa shape index (κ3) is 6.13. The van der Waals surface area contributed by atoms with Crippen LogP contribution >= 0.6 is 0 Å². The summed E-state index contributed by atoms with van der Waals surface area (Å²) < 4.78 is 0. The number of benzene rings is 1. The maximum atomic E-state index is 12.9. The summed E-state index contributed by atoms with van der Waals surface area (Å²) in [7, 11) is 0. The Hall–Kier alpha value is -2.83. The van der Waals surface area contributed by atoms with Crippen molar-refractivity contribution in [2.75, 3.05) is 13.1 Å². The van der Waals surface area contributed by atoms with Gasteiger partial charge in [-0.1, -0.05) is 24.8 Å². The number of piperidine rings is 1. The molecule has 1 aromatic carbocycles. The highest BCUT2D eigenvalue weighted by molar-refractivity contribution is 5.96. The molecule has 1 saturated heterocycles. The van der Waals surface area contributed by atoms with Crippen molar-refractivity contribution in [3.05, 3.63) is 48.0 Å². The first-order valence-electron chi connectivity index (χ1n) is 9.25. The Labute approximate surface area is 160 Å². The average molecular weight is 372 g/mol. The minimum absolute atomic E-state index is 0.0523. The lowest BCUT2D eigenvalue weighted by Gasteiger charge is -2.33. The summed E-state index contributed by atoms with van der Waals surface area (Å²) in [6.45, 7) is 8.69. The van der Waals surface area contributed by atoms with E-state index < -0.39 is 0 Å². The van der Waals surface area contributed by atoms with Crippen LogP contribution in [-0.2, 0) is 11.3 Å². The van der Waals surface area contributed by atoms with Crippen LogP contribution < -0.4 is 16.0 Å². The molecule has 0 atom stereocenters. The molecule has 1 fully saturated rings. The number of nitrogens with one attached hydrogen (secondary N) is 3. The highest BCUT2D eigenvalue weighted by atomic mass is 16.2. The van der Waals surface area contributed by atoms with E-state index in [0.717, 1.165) is 5.56 Å². The Morgan fingerprint density at radius 2 is 1.89 bits per heavy atom. The first-order chi connectivity index (χ1) is 12.9. The van der Waals surface area contributed by atoms with Crippen LogP contribution in [0.25, 0.3) is 0 Å². The molecule has 4 amide bonds. The molecule has 0 aromatic heterocycles. The third-order valence-corrected chi connectivity index (χ3v) is 4.42. The number of rotatable bonds is 6. The number of hydrogen-bond acceptors (Lipinski definition) is 3. The van der Waals surface area contributed by atoms with Crippen LogP contribution in [0.4, 0.5) is 4.79 Å². The molecule has 0 saturated carbocycles. The van der Waals surface area contributed by atoms with E-state index in [1.54, 1.807) is 11.0 Å². The Morgan fingerprint density at radius 1 is 1.22 bits per heavy atom. The van der Waals surface area contributed by atoms with Crippen LogP contribution in [0.2, 0.25) is 0 Å². The molecule has 1 aliphatic heterocycles. The second kappa shape index (κ2) is 9.75. The molecule has 0 radical (unpaired) electrons. The third-order valence-electron chi connectivity index (χ3n) is 4.42. The molecule has 146 valence electrons. The molecule has 2 rings (SSSR count). The summed E-state index contributed by atoms with van der Waals surface area (Å²) in [6, 6.07) is 7.25. The number of hydrogen-bond donors (Lipinski definition) is 3. The van der Waals surface area contributed by atoms with Crippen LogP contribution in [0.3, 0.4) is 0 Å². The van der Waals surface area contributed by atoms with Crippen molar-refractivity contribution in [2.24, 2.45) is 0 Å². The molecule has 1 aliphatic rings. The van der Waals surface area contributed by atoms with Gasteiger partial charge in [-0.25, -0.2) is 4.79 Å². The van der Waals surface area contributed by atoms with Gasteiger partial charge in [-0.3, -0.25) is 9.59 Å². The van der Waals surface area contributed by atoms with Crippen molar-refractivity contribution < 1.29 is 14.4 Å². The highest BCUT2D eigenvalue weighted by Gasteiger charge is 2.25. The van der Waals surface area contributed by atoms with Crippen LogP contribution in [0.5, 0.6) is 0 Å². The van der Waals surface area contributed by atoms with Crippen LogP contribution in [0, 0.1) is 0 Å². The fourth-order valence-corrected chi connectivity index (χ4v) is 3.02. The molecule has 1 aromatic rings. The van der Waals surface area contributed by atoms with Gasteiger partial charge >= 0.3 is 6.03 Å². The minimum Gasteiger partial charge on any atom is -0.348 e. The molecule has 0 unspecified atom stereocenters. The molecule has 3 N–H and O–H groups in total. The quantitative estimate of drug-likeness (QED) is 0.665. The van der Waals surface area contributed by atoms with Gasteiger partial charge in [0.2, 0.25) is 5.91 Å². The van der Waals surface area contributed by atoms with E-state index in [4.69, 9.17) is 0 Å². The minimum atomic E-state index is -0.274. The number of likely N-dealkylation sites (tertiary alicyclic amines) is 1. The summed E-state index contributed by atoms with van der Waals surface area (Å²) in [5, 5.41) is 8.48. The Bertz CT molecular complexity index is 694. The number of amides is 4. The summed E-state index contributed by atoms with van der Waals surface area (Å²) >= 11 is 0. The van der Waals surface area contributed by atoms with E-state index in [0.29, 0.717) is 31.5 Å². The summed E-state index contributed by atoms with van der Waals surface area (Å²) in [6.07, 6.45) is 2.64. The van der Waals surface area contributed by atoms with E-state index in [1.165, 1.54) is 6.08 Å². The van der Waals surface area contributed by atoms with Gasteiger partial charge in [-0.2, -0.15) is 0 Å². The van der Waals surface area contributed by atoms with Crippen molar-refractivity contribution in [3.8, 4) is 0 Å². The topological polar surface area (TPSA) is 90.5 Å². The molecule has 0 aliphatic carbocycles. The number of carbonyl (C=O) groups excluding carboxylic acids is 3. The van der Waals surface area contributed by atoms with E-state index >= 15 is 0 Å². The second-order valence-corrected chi connectivity index (χ2v) is 6.92. The maximum absolute atomic E-state index is 12.9.